The fourth-order valence-corrected chi connectivity index (χ4v) is 3.17. The second kappa shape index (κ2) is 5.20. The molecule has 0 radical (unpaired) electrons. The molecule has 0 saturated heterocycles. The smallest absolute Gasteiger partial charge is 0.129 e. The van der Waals surface area contributed by atoms with E-state index in [0.717, 1.165) is 17.3 Å². The Morgan fingerprint density at radius 3 is 2.53 bits per heavy atom. The van der Waals surface area contributed by atoms with Crippen molar-refractivity contribution in [2.24, 2.45) is 0 Å². The molecule has 2 heteroatoms. The molecular weight excluding hydrogens is 232 g/mol. The fourth-order valence-electron chi connectivity index (χ4n) is 3.17. The van der Waals surface area contributed by atoms with Gasteiger partial charge in [-0.3, -0.25) is 0 Å². The van der Waals surface area contributed by atoms with Gasteiger partial charge in [-0.25, -0.2) is 4.98 Å². The predicted molar refractivity (Wildman–Crippen MR) is 81.9 cm³/mol. The standard InChI is InChI=1S/C17H22N2/c1-19(2)17-12-15(13-8-4-3-5-9-13)14-10-6-7-11-16(14)18-17/h6-7,10-13H,3-5,8-9H2,1-2H3. The van der Waals surface area contributed by atoms with Gasteiger partial charge >= 0.3 is 0 Å². The molecule has 0 unspecified atom stereocenters. The van der Waals surface area contributed by atoms with Crippen LogP contribution < -0.4 is 4.90 Å². The number of para-hydroxylation sites is 1. The molecule has 1 aliphatic rings. The van der Waals surface area contributed by atoms with E-state index in [0.29, 0.717) is 0 Å². The van der Waals surface area contributed by atoms with E-state index >= 15 is 0 Å². The summed E-state index contributed by atoms with van der Waals surface area (Å²) in [6, 6.07) is 10.9. The number of hydrogen-bond donors (Lipinski definition) is 0. The molecule has 0 atom stereocenters. The molecule has 0 bridgehead atoms. The van der Waals surface area contributed by atoms with Crippen LogP contribution in [0.5, 0.6) is 0 Å². The molecule has 1 heterocycles. The first-order chi connectivity index (χ1) is 9.25. The Balaban J connectivity index is 2.14. The summed E-state index contributed by atoms with van der Waals surface area (Å²) < 4.78 is 0. The van der Waals surface area contributed by atoms with E-state index in [2.05, 4.69) is 49.3 Å². The van der Waals surface area contributed by atoms with Crippen LogP contribution in [-0.2, 0) is 0 Å². The number of fused-ring (bicyclic) bond motifs is 1. The van der Waals surface area contributed by atoms with E-state index in [4.69, 9.17) is 4.98 Å². The Morgan fingerprint density at radius 1 is 1.05 bits per heavy atom. The first-order valence-corrected chi connectivity index (χ1v) is 7.33. The molecule has 3 rings (SSSR count). The van der Waals surface area contributed by atoms with Crippen molar-refractivity contribution in [2.45, 2.75) is 38.0 Å². The van der Waals surface area contributed by atoms with Gasteiger partial charge < -0.3 is 4.90 Å². The average Bonchev–Trinajstić information content (AvgIpc) is 2.47. The molecule has 0 spiro atoms. The minimum atomic E-state index is 0.723. The Morgan fingerprint density at radius 2 is 1.79 bits per heavy atom. The summed E-state index contributed by atoms with van der Waals surface area (Å²) in [4.78, 5) is 6.87. The van der Waals surface area contributed by atoms with Crippen LogP contribution in [0.4, 0.5) is 5.82 Å². The lowest BCUT2D eigenvalue weighted by atomic mass is 9.83. The Kier molecular flexibility index (Phi) is 3.41. The Bertz CT molecular complexity index is 568. The largest absolute Gasteiger partial charge is 0.363 e. The number of aromatic nitrogens is 1. The summed E-state index contributed by atoms with van der Waals surface area (Å²) in [5, 5.41) is 1.35. The van der Waals surface area contributed by atoms with E-state index < -0.39 is 0 Å². The highest BCUT2D eigenvalue weighted by Gasteiger charge is 2.19. The SMILES string of the molecule is CN(C)c1cc(C2CCCCC2)c2ccccc2n1. The Labute approximate surface area is 115 Å². The zero-order valence-electron chi connectivity index (χ0n) is 11.9. The maximum Gasteiger partial charge on any atom is 0.129 e. The van der Waals surface area contributed by atoms with Gasteiger partial charge in [0.05, 0.1) is 5.52 Å². The summed E-state index contributed by atoms with van der Waals surface area (Å²) in [5.74, 6) is 1.81. The van der Waals surface area contributed by atoms with Crippen molar-refractivity contribution in [1.29, 1.82) is 0 Å². The molecule has 1 aromatic carbocycles. The first-order valence-electron chi connectivity index (χ1n) is 7.33. The van der Waals surface area contributed by atoms with Gasteiger partial charge in [0, 0.05) is 19.5 Å². The van der Waals surface area contributed by atoms with E-state index in [1.54, 1.807) is 0 Å². The van der Waals surface area contributed by atoms with Crippen LogP contribution in [-0.4, -0.2) is 19.1 Å². The molecular formula is C17H22N2. The normalized spacial score (nSPS) is 16.7. The van der Waals surface area contributed by atoms with Crippen molar-refractivity contribution in [1.82, 2.24) is 4.98 Å². The topological polar surface area (TPSA) is 16.1 Å². The average molecular weight is 254 g/mol. The first kappa shape index (κ1) is 12.5. The summed E-state index contributed by atoms with van der Waals surface area (Å²) in [7, 11) is 4.14. The molecule has 0 amide bonds. The lowest BCUT2D eigenvalue weighted by Crippen LogP contribution is -2.13. The highest BCUT2D eigenvalue weighted by atomic mass is 15.1. The van der Waals surface area contributed by atoms with Crippen LogP contribution in [0.15, 0.2) is 30.3 Å². The third-order valence-electron chi connectivity index (χ3n) is 4.24. The van der Waals surface area contributed by atoms with Gasteiger partial charge in [0.15, 0.2) is 0 Å². The van der Waals surface area contributed by atoms with Crippen molar-refractivity contribution in [3.8, 4) is 0 Å². The summed E-state index contributed by atoms with van der Waals surface area (Å²) in [6.45, 7) is 0. The van der Waals surface area contributed by atoms with Gasteiger partial charge in [-0.15, -0.1) is 0 Å². The highest BCUT2D eigenvalue weighted by molar-refractivity contribution is 5.84. The van der Waals surface area contributed by atoms with E-state index in [1.165, 1.54) is 43.1 Å². The van der Waals surface area contributed by atoms with Crippen LogP contribution in [0.2, 0.25) is 0 Å². The van der Waals surface area contributed by atoms with Crippen molar-refractivity contribution in [2.75, 3.05) is 19.0 Å². The lowest BCUT2D eigenvalue weighted by Gasteiger charge is -2.24. The molecule has 2 aromatic rings. The van der Waals surface area contributed by atoms with Crippen LogP contribution in [0, 0.1) is 0 Å². The lowest BCUT2D eigenvalue weighted by molar-refractivity contribution is 0.445. The zero-order chi connectivity index (χ0) is 13.2. The number of pyridine rings is 1. The maximum absolute atomic E-state index is 4.76. The van der Waals surface area contributed by atoms with Crippen LogP contribution >= 0.6 is 0 Å². The second-order valence-corrected chi connectivity index (χ2v) is 5.82. The number of rotatable bonds is 2. The van der Waals surface area contributed by atoms with E-state index in [9.17, 15) is 0 Å². The van der Waals surface area contributed by atoms with Crippen molar-refractivity contribution < 1.29 is 0 Å². The number of nitrogens with zero attached hydrogens (tertiary/aromatic N) is 2. The van der Waals surface area contributed by atoms with Gasteiger partial charge in [0.2, 0.25) is 0 Å². The van der Waals surface area contributed by atoms with Gasteiger partial charge in [-0.1, -0.05) is 37.5 Å². The molecule has 0 aliphatic heterocycles. The van der Waals surface area contributed by atoms with Crippen LogP contribution in [0.3, 0.4) is 0 Å². The van der Waals surface area contributed by atoms with Gasteiger partial charge in [0.25, 0.3) is 0 Å². The molecule has 1 saturated carbocycles. The second-order valence-electron chi connectivity index (χ2n) is 5.82. The van der Waals surface area contributed by atoms with Crippen molar-refractivity contribution in [3.05, 3.63) is 35.9 Å². The molecule has 1 fully saturated rings. The predicted octanol–water partition coefficient (Wildman–Crippen LogP) is 4.35. The van der Waals surface area contributed by atoms with E-state index in [-0.39, 0.29) is 0 Å². The third-order valence-corrected chi connectivity index (χ3v) is 4.24. The summed E-state index contributed by atoms with van der Waals surface area (Å²) in [6.07, 6.45) is 6.82. The monoisotopic (exact) mass is 254 g/mol. The quantitative estimate of drug-likeness (QED) is 0.792. The summed E-state index contributed by atoms with van der Waals surface area (Å²) in [5.41, 5.74) is 2.64. The van der Waals surface area contributed by atoms with Crippen molar-refractivity contribution >= 4 is 16.7 Å². The number of hydrogen-bond acceptors (Lipinski definition) is 2. The van der Waals surface area contributed by atoms with Crippen molar-refractivity contribution in [3.63, 3.8) is 0 Å². The molecule has 100 valence electrons. The van der Waals surface area contributed by atoms with Crippen LogP contribution in [0.1, 0.15) is 43.6 Å². The minimum absolute atomic E-state index is 0.723. The maximum atomic E-state index is 4.76. The molecule has 1 aromatic heterocycles. The number of benzene rings is 1. The molecule has 0 N–H and O–H groups in total. The minimum Gasteiger partial charge on any atom is -0.363 e. The molecule has 19 heavy (non-hydrogen) atoms. The number of anilines is 1. The van der Waals surface area contributed by atoms with Gasteiger partial charge in [-0.2, -0.15) is 0 Å². The molecule has 2 nitrogen and oxygen atoms in total. The summed E-state index contributed by atoms with van der Waals surface area (Å²) >= 11 is 0. The third kappa shape index (κ3) is 2.44. The highest BCUT2D eigenvalue weighted by Crippen LogP contribution is 2.37. The molecule has 1 aliphatic carbocycles. The van der Waals surface area contributed by atoms with Gasteiger partial charge in [-0.05, 0) is 36.5 Å². The van der Waals surface area contributed by atoms with E-state index in [1.807, 2.05) is 0 Å². The van der Waals surface area contributed by atoms with Gasteiger partial charge in [0.1, 0.15) is 5.82 Å². The Hall–Kier alpha value is -1.57. The van der Waals surface area contributed by atoms with Crippen LogP contribution in [0.25, 0.3) is 10.9 Å². The fraction of sp³-hybridized carbons (Fsp3) is 0.471. The zero-order valence-corrected chi connectivity index (χ0v) is 11.9.